The van der Waals surface area contributed by atoms with Gasteiger partial charge >= 0.3 is 6.09 Å². The third-order valence-corrected chi connectivity index (χ3v) is 3.99. The standard InChI is InChI=1S/C19H20N2O4/c1-2-20-17(22)14-25-21(18(20)16-11-7-4-8-12-16)19(23)24-13-15-9-5-3-6-10-15/h3-12,18H,2,13-14H2,1H3. The predicted molar refractivity (Wildman–Crippen MR) is 91.0 cm³/mol. The number of likely N-dealkylation sites (N-methyl/N-ethyl adjacent to an activating group) is 1. The third-order valence-electron chi connectivity index (χ3n) is 3.99. The average Bonchev–Trinajstić information content (AvgIpc) is 2.67. The van der Waals surface area contributed by atoms with Crippen LogP contribution in [0.2, 0.25) is 0 Å². The van der Waals surface area contributed by atoms with Crippen molar-refractivity contribution in [2.75, 3.05) is 13.2 Å². The second kappa shape index (κ2) is 7.81. The lowest BCUT2D eigenvalue weighted by Crippen LogP contribution is -2.53. The quantitative estimate of drug-likeness (QED) is 0.858. The number of carbonyl (C=O) groups is 2. The molecule has 1 heterocycles. The highest BCUT2D eigenvalue weighted by Gasteiger charge is 2.39. The van der Waals surface area contributed by atoms with Crippen molar-refractivity contribution in [2.45, 2.75) is 19.7 Å². The molecule has 0 bridgehead atoms. The molecule has 2 aromatic carbocycles. The molecule has 1 aliphatic rings. The van der Waals surface area contributed by atoms with Crippen LogP contribution in [-0.2, 0) is 21.0 Å². The van der Waals surface area contributed by atoms with Crippen LogP contribution in [0.1, 0.15) is 24.2 Å². The van der Waals surface area contributed by atoms with Crippen LogP contribution in [0, 0.1) is 0 Å². The average molecular weight is 340 g/mol. The highest BCUT2D eigenvalue weighted by molar-refractivity contribution is 5.80. The fourth-order valence-electron chi connectivity index (χ4n) is 2.77. The van der Waals surface area contributed by atoms with Crippen molar-refractivity contribution in [1.82, 2.24) is 9.96 Å². The van der Waals surface area contributed by atoms with Gasteiger partial charge in [-0.15, -0.1) is 0 Å². The number of benzene rings is 2. The summed E-state index contributed by atoms with van der Waals surface area (Å²) in [4.78, 5) is 31.7. The van der Waals surface area contributed by atoms with E-state index in [2.05, 4.69) is 0 Å². The SMILES string of the molecule is CCN1C(=O)CON(C(=O)OCc2ccccc2)C1c1ccccc1. The van der Waals surface area contributed by atoms with Gasteiger partial charge in [0.15, 0.2) is 12.8 Å². The number of ether oxygens (including phenoxy) is 1. The summed E-state index contributed by atoms with van der Waals surface area (Å²) in [7, 11) is 0. The normalized spacial score (nSPS) is 17.5. The van der Waals surface area contributed by atoms with Crippen LogP contribution in [0.15, 0.2) is 60.7 Å². The molecule has 1 aliphatic heterocycles. The molecule has 6 nitrogen and oxygen atoms in total. The fourth-order valence-corrected chi connectivity index (χ4v) is 2.77. The Hall–Kier alpha value is -2.86. The van der Waals surface area contributed by atoms with E-state index in [1.54, 1.807) is 4.90 Å². The maximum atomic E-state index is 12.6. The number of hydrogen-bond acceptors (Lipinski definition) is 4. The summed E-state index contributed by atoms with van der Waals surface area (Å²) in [5, 5.41) is 1.14. The van der Waals surface area contributed by atoms with Gasteiger partial charge < -0.3 is 9.64 Å². The predicted octanol–water partition coefficient (Wildman–Crippen LogP) is 3.12. The number of carbonyl (C=O) groups excluding carboxylic acids is 2. The molecule has 3 rings (SSSR count). The molecule has 1 fully saturated rings. The highest BCUT2D eigenvalue weighted by Crippen LogP contribution is 2.29. The van der Waals surface area contributed by atoms with E-state index < -0.39 is 12.3 Å². The largest absolute Gasteiger partial charge is 0.443 e. The van der Waals surface area contributed by atoms with E-state index in [4.69, 9.17) is 9.57 Å². The summed E-state index contributed by atoms with van der Waals surface area (Å²) >= 11 is 0. The van der Waals surface area contributed by atoms with E-state index in [0.29, 0.717) is 6.54 Å². The summed E-state index contributed by atoms with van der Waals surface area (Å²) in [6.07, 6.45) is -1.26. The molecule has 6 heteroatoms. The number of hydroxylamine groups is 2. The maximum Gasteiger partial charge on any atom is 0.436 e. The molecule has 2 aromatic rings. The lowest BCUT2D eigenvalue weighted by atomic mass is 10.1. The Morgan fingerprint density at radius 1 is 1.12 bits per heavy atom. The highest BCUT2D eigenvalue weighted by atomic mass is 16.7. The van der Waals surface area contributed by atoms with Gasteiger partial charge in [-0.3, -0.25) is 9.63 Å². The Morgan fingerprint density at radius 2 is 1.76 bits per heavy atom. The first-order valence-electron chi connectivity index (χ1n) is 8.18. The van der Waals surface area contributed by atoms with Gasteiger partial charge in [0.1, 0.15) is 6.61 Å². The van der Waals surface area contributed by atoms with Crippen LogP contribution < -0.4 is 0 Å². The van der Waals surface area contributed by atoms with Crippen molar-refractivity contribution in [3.8, 4) is 0 Å². The zero-order valence-corrected chi connectivity index (χ0v) is 14.0. The third kappa shape index (κ3) is 3.80. The summed E-state index contributed by atoms with van der Waals surface area (Å²) in [5.41, 5.74) is 1.67. The van der Waals surface area contributed by atoms with Crippen molar-refractivity contribution in [1.29, 1.82) is 0 Å². The molecule has 0 aliphatic carbocycles. The molecule has 0 spiro atoms. The first-order valence-corrected chi connectivity index (χ1v) is 8.18. The van der Waals surface area contributed by atoms with Gasteiger partial charge in [-0.05, 0) is 18.1 Å². The maximum absolute atomic E-state index is 12.6. The Labute approximate surface area is 146 Å². The molecule has 1 atom stereocenters. The molecule has 0 aromatic heterocycles. The van der Waals surface area contributed by atoms with Crippen LogP contribution in [0.3, 0.4) is 0 Å². The molecular formula is C19H20N2O4. The minimum Gasteiger partial charge on any atom is -0.443 e. The number of rotatable bonds is 4. The monoisotopic (exact) mass is 340 g/mol. The van der Waals surface area contributed by atoms with Crippen LogP contribution in [-0.4, -0.2) is 35.1 Å². The van der Waals surface area contributed by atoms with Crippen molar-refractivity contribution >= 4 is 12.0 Å². The van der Waals surface area contributed by atoms with E-state index in [1.807, 2.05) is 67.6 Å². The van der Waals surface area contributed by atoms with E-state index in [9.17, 15) is 9.59 Å². The smallest absolute Gasteiger partial charge is 0.436 e. The minimum absolute atomic E-state index is 0.140. The second-order valence-electron chi connectivity index (χ2n) is 5.60. The molecule has 130 valence electrons. The first kappa shape index (κ1) is 17.0. The van der Waals surface area contributed by atoms with Gasteiger partial charge in [0.25, 0.3) is 5.91 Å². The molecule has 2 amide bonds. The van der Waals surface area contributed by atoms with Crippen LogP contribution in [0.5, 0.6) is 0 Å². The zero-order valence-electron chi connectivity index (χ0n) is 14.0. The summed E-state index contributed by atoms with van der Waals surface area (Å²) in [6, 6.07) is 18.7. The van der Waals surface area contributed by atoms with Gasteiger partial charge in [-0.1, -0.05) is 60.7 Å². The lowest BCUT2D eigenvalue weighted by molar-refractivity contribution is -0.230. The summed E-state index contributed by atoms with van der Waals surface area (Å²) < 4.78 is 5.37. The Morgan fingerprint density at radius 3 is 2.40 bits per heavy atom. The second-order valence-corrected chi connectivity index (χ2v) is 5.60. The summed E-state index contributed by atoms with van der Waals surface area (Å²) in [5.74, 6) is -0.163. The lowest BCUT2D eigenvalue weighted by Gasteiger charge is -2.41. The van der Waals surface area contributed by atoms with Gasteiger partial charge in [0.05, 0.1) is 0 Å². The molecule has 0 N–H and O–H groups in total. The van der Waals surface area contributed by atoms with Gasteiger partial charge in [0.2, 0.25) is 0 Å². The van der Waals surface area contributed by atoms with Gasteiger partial charge in [0, 0.05) is 6.54 Å². The van der Waals surface area contributed by atoms with Crippen molar-refractivity contribution in [2.24, 2.45) is 0 Å². The molecule has 1 unspecified atom stereocenters. The van der Waals surface area contributed by atoms with Crippen LogP contribution >= 0.6 is 0 Å². The van der Waals surface area contributed by atoms with Gasteiger partial charge in [-0.2, -0.15) is 5.06 Å². The van der Waals surface area contributed by atoms with E-state index in [-0.39, 0.29) is 19.1 Å². The van der Waals surface area contributed by atoms with Crippen molar-refractivity contribution in [3.05, 3.63) is 71.8 Å². The Bertz CT molecular complexity index is 721. The Balaban J connectivity index is 1.79. The van der Waals surface area contributed by atoms with Gasteiger partial charge in [-0.25, -0.2) is 4.79 Å². The van der Waals surface area contributed by atoms with E-state index >= 15 is 0 Å². The van der Waals surface area contributed by atoms with Crippen LogP contribution in [0.25, 0.3) is 0 Å². The molecule has 25 heavy (non-hydrogen) atoms. The molecule has 0 radical (unpaired) electrons. The van der Waals surface area contributed by atoms with Crippen molar-refractivity contribution in [3.63, 3.8) is 0 Å². The number of amides is 2. The number of nitrogens with zero attached hydrogens (tertiary/aromatic N) is 2. The van der Waals surface area contributed by atoms with Crippen molar-refractivity contribution < 1.29 is 19.2 Å². The van der Waals surface area contributed by atoms with E-state index in [1.165, 1.54) is 0 Å². The summed E-state index contributed by atoms with van der Waals surface area (Å²) in [6.45, 7) is 2.29. The van der Waals surface area contributed by atoms with Crippen LogP contribution in [0.4, 0.5) is 4.79 Å². The van der Waals surface area contributed by atoms with E-state index in [0.717, 1.165) is 16.2 Å². The Kier molecular flexibility index (Phi) is 5.30. The topological polar surface area (TPSA) is 59.1 Å². The zero-order chi connectivity index (χ0) is 17.6. The first-order chi connectivity index (χ1) is 12.2. The molecular weight excluding hydrogens is 320 g/mol. The minimum atomic E-state index is -0.643. The molecule has 0 saturated carbocycles. The number of hydrogen-bond donors (Lipinski definition) is 0. The molecule has 1 saturated heterocycles. The fraction of sp³-hybridized carbons (Fsp3) is 0.263.